The summed E-state index contributed by atoms with van der Waals surface area (Å²) in [5, 5.41) is 21.4. The van der Waals surface area contributed by atoms with Crippen LogP contribution in [0.25, 0.3) is 6.08 Å². The van der Waals surface area contributed by atoms with Crippen LogP contribution in [0.1, 0.15) is 5.56 Å². The maximum absolute atomic E-state index is 12.9. The van der Waals surface area contributed by atoms with Gasteiger partial charge in [-0.2, -0.15) is 5.26 Å². The summed E-state index contributed by atoms with van der Waals surface area (Å²) in [6.45, 7) is 0. The van der Waals surface area contributed by atoms with Crippen molar-refractivity contribution in [1.82, 2.24) is 4.98 Å². The second-order valence-corrected chi connectivity index (χ2v) is 9.72. The zero-order chi connectivity index (χ0) is 21.7. The number of nitriles is 1. The number of nitro benzene ring substituents is 1. The summed E-state index contributed by atoms with van der Waals surface area (Å²) < 4.78 is 26.5. The lowest BCUT2D eigenvalue weighted by Crippen LogP contribution is -2.03. The summed E-state index contributed by atoms with van der Waals surface area (Å²) in [6, 6.07) is 16.9. The van der Waals surface area contributed by atoms with Crippen LogP contribution in [0.15, 0.2) is 91.1 Å². The lowest BCUT2D eigenvalue weighted by atomic mass is 10.2. The van der Waals surface area contributed by atoms with Crippen LogP contribution in [-0.4, -0.2) is 18.3 Å². The number of benzene rings is 2. The van der Waals surface area contributed by atoms with Crippen LogP contribution in [0.2, 0.25) is 0 Å². The topological polar surface area (TPSA) is 114 Å². The van der Waals surface area contributed by atoms with Gasteiger partial charge in [0, 0.05) is 27.7 Å². The van der Waals surface area contributed by atoms with E-state index in [9.17, 15) is 23.8 Å². The lowest BCUT2D eigenvalue weighted by Gasteiger charge is -2.07. The molecule has 3 aromatic rings. The molecular weight excluding hydrogens is 490 g/mol. The molecule has 1 aromatic heterocycles. The second-order valence-electron chi connectivity index (χ2n) is 5.83. The van der Waals surface area contributed by atoms with Crippen molar-refractivity contribution in [3.8, 4) is 6.07 Å². The first-order chi connectivity index (χ1) is 14.3. The van der Waals surface area contributed by atoms with Crippen molar-refractivity contribution in [3.63, 3.8) is 0 Å². The number of pyridine rings is 1. The fraction of sp³-hybridized carbons (Fsp3) is 0. The Morgan fingerprint density at radius 2 is 1.90 bits per heavy atom. The zero-order valence-electron chi connectivity index (χ0n) is 15.1. The van der Waals surface area contributed by atoms with Crippen molar-refractivity contribution in [2.75, 3.05) is 0 Å². The monoisotopic (exact) mass is 501 g/mol. The van der Waals surface area contributed by atoms with E-state index >= 15 is 0 Å². The van der Waals surface area contributed by atoms with Crippen molar-refractivity contribution in [2.24, 2.45) is 0 Å². The number of allylic oxidation sites excluding steroid dienone is 1. The Bertz CT molecular complexity index is 1270. The first-order valence-electron chi connectivity index (χ1n) is 8.31. The Morgan fingerprint density at radius 3 is 2.50 bits per heavy atom. The predicted molar refractivity (Wildman–Crippen MR) is 116 cm³/mol. The molecule has 10 heteroatoms. The Balaban J connectivity index is 2.12. The Morgan fingerprint density at radius 1 is 1.17 bits per heavy atom. The molecule has 0 amide bonds. The van der Waals surface area contributed by atoms with Gasteiger partial charge in [0.05, 0.1) is 9.82 Å². The van der Waals surface area contributed by atoms with Gasteiger partial charge in [-0.05, 0) is 54.1 Å². The molecular formula is C20H12BrN3O4S2. The Kier molecular flexibility index (Phi) is 6.66. The molecule has 7 nitrogen and oxygen atoms in total. The average Bonchev–Trinajstić information content (AvgIpc) is 2.73. The van der Waals surface area contributed by atoms with Crippen LogP contribution in [0.4, 0.5) is 5.69 Å². The second kappa shape index (κ2) is 9.21. The minimum absolute atomic E-state index is 0.0529. The molecule has 30 heavy (non-hydrogen) atoms. The van der Waals surface area contributed by atoms with Crippen molar-refractivity contribution in [2.45, 2.75) is 14.8 Å². The SMILES string of the molecule is N#CC(=Cc1cc([N+](=O)[O-])ccc1Sc1ccccn1)S(=O)(=O)c1ccc(Br)cc1. The number of hydrogen-bond donors (Lipinski definition) is 0. The molecule has 0 bridgehead atoms. The number of nitrogens with zero attached hydrogens (tertiary/aromatic N) is 3. The maximum Gasteiger partial charge on any atom is 0.270 e. The van der Waals surface area contributed by atoms with Gasteiger partial charge >= 0.3 is 0 Å². The Labute approximate surface area is 185 Å². The summed E-state index contributed by atoms with van der Waals surface area (Å²) in [6.07, 6.45) is 2.75. The van der Waals surface area contributed by atoms with E-state index in [2.05, 4.69) is 20.9 Å². The van der Waals surface area contributed by atoms with Crippen LogP contribution in [-0.2, 0) is 9.84 Å². The minimum Gasteiger partial charge on any atom is -0.258 e. The molecule has 1 heterocycles. The van der Waals surface area contributed by atoms with E-state index in [4.69, 9.17) is 0 Å². The van der Waals surface area contributed by atoms with Gasteiger partial charge in [-0.25, -0.2) is 13.4 Å². The van der Waals surface area contributed by atoms with Crippen LogP contribution in [0.3, 0.4) is 0 Å². The molecule has 0 aliphatic heterocycles. The van der Waals surface area contributed by atoms with Crippen LogP contribution in [0.5, 0.6) is 0 Å². The van der Waals surface area contributed by atoms with Gasteiger partial charge in [-0.3, -0.25) is 10.1 Å². The normalized spacial score (nSPS) is 11.7. The third-order valence-electron chi connectivity index (χ3n) is 3.87. The molecule has 0 unspecified atom stereocenters. The summed E-state index contributed by atoms with van der Waals surface area (Å²) >= 11 is 4.44. The van der Waals surface area contributed by atoms with E-state index < -0.39 is 19.7 Å². The van der Waals surface area contributed by atoms with Crippen LogP contribution < -0.4 is 0 Å². The van der Waals surface area contributed by atoms with E-state index in [1.165, 1.54) is 42.1 Å². The summed E-state index contributed by atoms with van der Waals surface area (Å²) in [5.41, 5.74) is 0.0158. The predicted octanol–water partition coefficient (Wildman–Crippen LogP) is 5.24. The number of sulfone groups is 1. The molecule has 0 aliphatic carbocycles. The highest BCUT2D eigenvalue weighted by atomic mass is 79.9. The van der Waals surface area contributed by atoms with Gasteiger partial charge in [0.2, 0.25) is 9.84 Å². The number of hydrogen-bond acceptors (Lipinski definition) is 7. The van der Waals surface area contributed by atoms with Crippen molar-refractivity contribution >= 4 is 49.3 Å². The first kappa shape index (κ1) is 21.7. The molecule has 0 N–H and O–H groups in total. The summed E-state index contributed by atoms with van der Waals surface area (Å²) in [5.74, 6) is 0. The summed E-state index contributed by atoms with van der Waals surface area (Å²) in [4.78, 5) is 14.8. The van der Waals surface area contributed by atoms with Gasteiger partial charge < -0.3 is 0 Å². The zero-order valence-corrected chi connectivity index (χ0v) is 18.3. The fourth-order valence-electron chi connectivity index (χ4n) is 2.43. The number of aromatic nitrogens is 1. The third kappa shape index (κ3) is 4.94. The molecule has 0 fully saturated rings. The van der Waals surface area contributed by atoms with E-state index in [1.54, 1.807) is 42.6 Å². The molecule has 0 aliphatic rings. The van der Waals surface area contributed by atoms with Gasteiger partial charge in [0.25, 0.3) is 5.69 Å². The standard InChI is InChI=1S/C20H12BrN3O4S2/c21-15-4-7-17(8-5-15)30(27,28)18(13-22)12-14-11-16(24(25)26)6-9-19(14)29-20-3-1-2-10-23-20/h1-12H. The quantitative estimate of drug-likeness (QED) is 0.257. The highest BCUT2D eigenvalue weighted by molar-refractivity contribution is 9.10. The van der Waals surface area contributed by atoms with Gasteiger partial charge in [0.1, 0.15) is 16.0 Å². The highest BCUT2D eigenvalue weighted by Gasteiger charge is 2.22. The van der Waals surface area contributed by atoms with E-state index in [0.717, 1.165) is 6.08 Å². The molecule has 0 saturated heterocycles. The van der Waals surface area contributed by atoms with Gasteiger partial charge in [-0.15, -0.1) is 0 Å². The maximum atomic E-state index is 12.9. The first-order valence-corrected chi connectivity index (χ1v) is 11.4. The molecule has 0 saturated carbocycles. The number of halogens is 1. The molecule has 150 valence electrons. The van der Waals surface area contributed by atoms with Crippen molar-refractivity contribution in [3.05, 3.63) is 91.9 Å². The van der Waals surface area contributed by atoms with Crippen molar-refractivity contribution < 1.29 is 13.3 Å². The molecule has 0 radical (unpaired) electrons. The van der Waals surface area contributed by atoms with Gasteiger partial charge in [-0.1, -0.05) is 33.8 Å². The average molecular weight is 502 g/mol. The minimum atomic E-state index is -4.10. The third-order valence-corrected chi connectivity index (χ3v) is 7.12. The van der Waals surface area contributed by atoms with Crippen LogP contribution in [0, 0.1) is 21.4 Å². The molecule has 0 atom stereocenters. The summed E-state index contributed by atoms with van der Waals surface area (Å²) in [7, 11) is -4.10. The van der Waals surface area contributed by atoms with Crippen molar-refractivity contribution in [1.29, 1.82) is 5.26 Å². The molecule has 0 spiro atoms. The molecule has 3 rings (SSSR count). The number of rotatable bonds is 6. The molecule has 2 aromatic carbocycles. The van der Waals surface area contributed by atoms with Gasteiger partial charge in [0.15, 0.2) is 0 Å². The fourth-order valence-corrected chi connectivity index (χ4v) is 4.70. The van der Waals surface area contributed by atoms with E-state index in [1.807, 2.05) is 0 Å². The number of non-ortho nitro benzene ring substituents is 1. The Hall–Kier alpha value is -3.00. The lowest BCUT2D eigenvalue weighted by molar-refractivity contribution is -0.384. The number of nitro groups is 1. The highest BCUT2D eigenvalue weighted by Crippen LogP contribution is 2.34. The van der Waals surface area contributed by atoms with Crippen LogP contribution >= 0.6 is 27.7 Å². The smallest absolute Gasteiger partial charge is 0.258 e. The largest absolute Gasteiger partial charge is 0.270 e. The van der Waals surface area contributed by atoms with E-state index in [-0.39, 0.29) is 16.1 Å². The van der Waals surface area contributed by atoms with E-state index in [0.29, 0.717) is 14.4 Å².